The fourth-order valence-electron chi connectivity index (χ4n) is 1.07. The molecular formula is C8H13FN4. The Morgan fingerprint density at radius 3 is 2.38 bits per heavy atom. The molecule has 0 spiro atoms. The van der Waals surface area contributed by atoms with Crippen LogP contribution in [-0.2, 0) is 0 Å². The molecule has 0 saturated carbocycles. The Morgan fingerprint density at radius 1 is 1.23 bits per heavy atom. The first-order chi connectivity index (χ1) is 6.06. The Labute approximate surface area is 75.7 Å². The zero-order chi connectivity index (χ0) is 10.0. The van der Waals surface area contributed by atoms with Crippen LogP contribution in [0.1, 0.15) is 11.6 Å². The molecule has 0 bridgehead atoms. The molecule has 13 heavy (non-hydrogen) atoms. The molecule has 1 aromatic carbocycles. The highest BCUT2D eigenvalue weighted by molar-refractivity contribution is 5.57. The zero-order valence-corrected chi connectivity index (χ0v) is 7.13. The fourth-order valence-corrected chi connectivity index (χ4v) is 1.07. The number of nitrogens with two attached hydrogens (primary N) is 4. The predicted octanol–water partition coefficient (Wildman–Crippen LogP) is -0.0514. The van der Waals surface area contributed by atoms with Gasteiger partial charge in [-0.3, -0.25) is 0 Å². The number of rotatable bonds is 2. The summed E-state index contributed by atoms with van der Waals surface area (Å²) in [5.74, 6) is -0.537. The smallest absolute Gasteiger partial charge is 0.148 e. The van der Waals surface area contributed by atoms with Crippen LogP contribution in [0.2, 0.25) is 0 Å². The van der Waals surface area contributed by atoms with Crippen molar-refractivity contribution in [3.8, 4) is 0 Å². The molecule has 8 N–H and O–H groups in total. The van der Waals surface area contributed by atoms with Crippen molar-refractivity contribution in [2.45, 2.75) is 6.04 Å². The van der Waals surface area contributed by atoms with Crippen LogP contribution in [0.4, 0.5) is 15.8 Å². The molecular weight excluding hydrogens is 171 g/mol. The van der Waals surface area contributed by atoms with Gasteiger partial charge in [0.05, 0.1) is 5.69 Å². The van der Waals surface area contributed by atoms with E-state index in [2.05, 4.69) is 0 Å². The molecule has 0 aliphatic rings. The van der Waals surface area contributed by atoms with Crippen molar-refractivity contribution in [3.63, 3.8) is 0 Å². The second kappa shape index (κ2) is 3.59. The van der Waals surface area contributed by atoms with E-state index in [0.29, 0.717) is 5.56 Å². The van der Waals surface area contributed by atoms with E-state index < -0.39 is 11.9 Å². The monoisotopic (exact) mass is 184 g/mol. The molecule has 0 saturated heterocycles. The molecule has 0 radical (unpaired) electrons. The highest BCUT2D eigenvalue weighted by Crippen LogP contribution is 2.23. The van der Waals surface area contributed by atoms with Gasteiger partial charge in [0.25, 0.3) is 0 Å². The topological polar surface area (TPSA) is 104 Å². The van der Waals surface area contributed by atoms with Gasteiger partial charge in [-0.1, -0.05) is 0 Å². The van der Waals surface area contributed by atoms with Gasteiger partial charge in [-0.2, -0.15) is 0 Å². The summed E-state index contributed by atoms with van der Waals surface area (Å²) in [5, 5.41) is 0. The maximum Gasteiger partial charge on any atom is 0.148 e. The summed E-state index contributed by atoms with van der Waals surface area (Å²) in [4.78, 5) is 0. The Kier molecular flexibility index (Phi) is 2.69. The maximum absolute atomic E-state index is 12.8. The second-order valence-electron chi connectivity index (χ2n) is 2.84. The average molecular weight is 184 g/mol. The van der Waals surface area contributed by atoms with Crippen LogP contribution in [0.5, 0.6) is 0 Å². The van der Waals surface area contributed by atoms with E-state index in [9.17, 15) is 4.39 Å². The highest BCUT2D eigenvalue weighted by Gasteiger charge is 2.10. The molecule has 0 fully saturated rings. The van der Waals surface area contributed by atoms with Crippen LogP contribution >= 0.6 is 0 Å². The summed E-state index contributed by atoms with van der Waals surface area (Å²) >= 11 is 0. The largest absolute Gasteiger partial charge is 0.398 e. The minimum Gasteiger partial charge on any atom is -0.398 e. The number of hydrogen-bond acceptors (Lipinski definition) is 4. The van der Waals surface area contributed by atoms with E-state index in [0.717, 1.165) is 6.07 Å². The van der Waals surface area contributed by atoms with Gasteiger partial charge in [0, 0.05) is 18.3 Å². The number of anilines is 2. The molecule has 5 heteroatoms. The van der Waals surface area contributed by atoms with Gasteiger partial charge >= 0.3 is 0 Å². The van der Waals surface area contributed by atoms with Gasteiger partial charge in [-0.05, 0) is 17.7 Å². The first-order valence-corrected chi connectivity index (χ1v) is 3.86. The third kappa shape index (κ3) is 1.88. The van der Waals surface area contributed by atoms with Crippen molar-refractivity contribution in [2.24, 2.45) is 11.5 Å². The van der Waals surface area contributed by atoms with Crippen LogP contribution in [0.25, 0.3) is 0 Å². The first-order valence-electron chi connectivity index (χ1n) is 3.86. The molecule has 72 valence electrons. The molecule has 0 heterocycles. The van der Waals surface area contributed by atoms with Gasteiger partial charge in [-0.15, -0.1) is 0 Å². The van der Waals surface area contributed by atoms with E-state index in [1.165, 1.54) is 6.07 Å². The first kappa shape index (κ1) is 9.76. The van der Waals surface area contributed by atoms with Crippen molar-refractivity contribution < 1.29 is 4.39 Å². The van der Waals surface area contributed by atoms with Crippen molar-refractivity contribution in [1.29, 1.82) is 0 Å². The van der Waals surface area contributed by atoms with Crippen molar-refractivity contribution in [1.82, 2.24) is 0 Å². The number of hydrogen-bond donors (Lipinski definition) is 4. The number of halogens is 1. The summed E-state index contributed by atoms with van der Waals surface area (Å²) < 4.78 is 12.8. The van der Waals surface area contributed by atoms with Gasteiger partial charge in [0.15, 0.2) is 0 Å². The molecule has 1 rings (SSSR count). The van der Waals surface area contributed by atoms with E-state index in [1.54, 1.807) is 0 Å². The lowest BCUT2D eigenvalue weighted by molar-refractivity contribution is 0.631. The Bertz CT molecular complexity index is 313. The predicted molar refractivity (Wildman–Crippen MR) is 51.2 cm³/mol. The fraction of sp³-hybridized carbons (Fsp3) is 0.250. The lowest BCUT2D eigenvalue weighted by atomic mass is 10.0. The molecule has 1 atom stereocenters. The van der Waals surface area contributed by atoms with Gasteiger partial charge < -0.3 is 22.9 Å². The highest BCUT2D eigenvalue weighted by atomic mass is 19.1. The van der Waals surface area contributed by atoms with Gasteiger partial charge in [0.2, 0.25) is 0 Å². The van der Waals surface area contributed by atoms with Crippen LogP contribution in [0, 0.1) is 5.82 Å². The number of benzene rings is 1. The van der Waals surface area contributed by atoms with Crippen molar-refractivity contribution in [3.05, 3.63) is 23.5 Å². The van der Waals surface area contributed by atoms with Crippen LogP contribution < -0.4 is 22.9 Å². The van der Waals surface area contributed by atoms with Crippen LogP contribution in [-0.4, -0.2) is 6.54 Å². The van der Waals surface area contributed by atoms with Crippen molar-refractivity contribution >= 4 is 11.4 Å². The van der Waals surface area contributed by atoms with Crippen LogP contribution in [0.15, 0.2) is 12.1 Å². The molecule has 0 aromatic heterocycles. The molecule has 1 aromatic rings. The van der Waals surface area contributed by atoms with Crippen molar-refractivity contribution in [2.75, 3.05) is 18.0 Å². The average Bonchev–Trinajstić information content (AvgIpc) is 2.10. The minimum absolute atomic E-state index is 0.0353. The minimum atomic E-state index is -0.537. The Hall–Kier alpha value is -1.33. The summed E-state index contributed by atoms with van der Waals surface area (Å²) in [5.41, 5.74) is 22.8. The summed E-state index contributed by atoms with van der Waals surface area (Å²) in [7, 11) is 0. The summed E-state index contributed by atoms with van der Waals surface area (Å²) in [6.07, 6.45) is 0. The third-order valence-electron chi connectivity index (χ3n) is 1.86. The molecule has 0 aliphatic carbocycles. The van der Waals surface area contributed by atoms with Crippen LogP contribution in [0.3, 0.4) is 0 Å². The number of nitrogen functional groups attached to an aromatic ring is 2. The normalized spacial score (nSPS) is 12.8. The van der Waals surface area contributed by atoms with Gasteiger partial charge in [0.1, 0.15) is 5.82 Å². The lowest BCUT2D eigenvalue weighted by Crippen LogP contribution is -2.22. The molecule has 0 aliphatic heterocycles. The lowest BCUT2D eigenvalue weighted by Gasteiger charge is -2.13. The third-order valence-corrected chi connectivity index (χ3v) is 1.86. The Morgan fingerprint density at radius 2 is 1.85 bits per heavy atom. The quantitative estimate of drug-likeness (QED) is 0.483. The van der Waals surface area contributed by atoms with E-state index in [4.69, 9.17) is 22.9 Å². The zero-order valence-electron chi connectivity index (χ0n) is 7.13. The van der Waals surface area contributed by atoms with E-state index in [-0.39, 0.29) is 17.9 Å². The SMILES string of the molecule is NC[C@@H](N)c1cc(N)c(F)cc1N. The molecule has 0 amide bonds. The summed E-state index contributed by atoms with van der Waals surface area (Å²) in [6, 6.07) is 2.17. The van der Waals surface area contributed by atoms with E-state index in [1.807, 2.05) is 0 Å². The second-order valence-corrected chi connectivity index (χ2v) is 2.84. The van der Waals surface area contributed by atoms with Gasteiger partial charge in [-0.25, -0.2) is 4.39 Å². The molecule has 4 nitrogen and oxygen atoms in total. The van der Waals surface area contributed by atoms with E-state index >= 15 is 0 Å². The molecule has 0 unspecified atom stereocenters. The summed E-state index contributed by atoms with van der Waals surface area (Å²) in [6.45, 7) is 0.245. The standard InChI is InChI=1S/C8H13FN4/c9-5-2-6(11)4(1-7(5)12)8(13)3-10/h1-2,8H,3,10-13H2/t8-/m1/s1. The Balaban J connectivity index is 3.15. The maximum atomic E-state index is 12.8.